The maximum Gasteiger partial charge on any atom is 0.274 e. The van der Waals surface area contributed by atoms with E-state index in [-0.39, 0.29) is 10.6 Å². The SMILES string of the molecule is C/C=C\C=C/C1=CC(C)CCc2ccc3c(c21)-c1cc(/C=C/Cc2c(NC)cccc2[N+](=O)[O-])cc[n+]1CC3. The fraction of sp³-hybridized carbons (Fsp3) is 0.265. The number of nitro benzene ring substituents is 1. The molecule has 5 nitrogen and oxygen atoms in total. The van der Waals surface area contributed by atoms with Crippen LogP contribution in [0.3, 0.4) is 0 Å². The Labute approximate surface area is 231 Å². The molecule has 0 saturated heterocycles. The fourth-order valence-corrected chi connectivity index (χ4v) is 5.80. The van der Waals surface area contributed by atoms with Gasteiger partial charge >= 0.3 is 0 Å². The lowest BCUT2D eigenvalue weighted by molar-refractivity contribution is -0.687. The third-order valence-corrected chi connectivity index (χ3v) is 7.77. The van der Waals surface area contributed by atoms with Gasteiger partial charge in [-0.05, 0) is 66.0 Å². The number of allylic oxidation sites excluding steroid dienone is 7. The molecular weight excluding hydrogens is 482 g/mol. The van der Waals surface area contributed by atoms with Crippen LogP contribution in [-0.2, 0) is 25.8 Å². The summed E-state index contributed by atoms with van der Waals surface area (Å²) in [5.74, 6) is 0.521. The molecule has 1 atom stereocenters. The van der Waals surface area contributed by atoms with E-state index in [1.165, 1.54) is 33.5 Å². The van der Waals surface area contributed by atoms with Gasteiger partial charge in [0.25, 0.3) is 5.69 Å². The Hall–Kier alpha value is -4.25. The van der Waals surface area contributed by atoms with Crippen molar-refractivity contribution in [1.82, 2.24) is 0 Å². The number of aryl methyl sites for hydroxylation is 3. The molecule has 0 spiro atoms. The lowest BCUT2D eigenvalue weighted by atomic mass is 9.85. The summed E-state index contributed by atoms with van der Waals surface area (Å²) in [6.45, 7) is 5.31. The van der Waals surface area contributed by atoms with E-state index in [1.807, 2.05) is 19.1 Å². The average molecular weight is 519 g/mol. The second-order valence-electron chi connectivity index (χ2n) is 10.4. The first kappa shape index (κ1) is 26.4. The van der Waals surface area contributed by atoms with E-state index >= 15 is 0 Å². The molecule has 198 valence electrons. The molecule has 1 aliphatic carbocycles. The molecule has 2 aliphatic rings. The zero-order valence-corrected chi connectivity index (χ0v) is 23.0. The molecule has 1 aromatic heterocycles. The smallest absolute Gasteiger partial charge is 0.274 e. The molecule has 2 aromatic carbocycles. The van der Waals surface area contributed by atoms with E-state index in [4.69, 9.17) is 0 Å². The maximum atomic E-state index is 11.6. The third kappa shape index (κ3) is 5.49. The van der Waals surface area contributed by atoms with Crippen molar-refractivity contribution in [3.63, 3.8) is 0 Å². The number of anilines is 1. The van der Waals surface area contributed by atoms with Gasteiger partial charge in [-0.3, -0.25) is 10.1 Å². The molecule has 5 heteroatoms. The number of nitrogens with zero attached hydrogens (tertiary/aromatic N) is 2. The predicted octanol–water partition coefficient (Wildman–Crippen LogP) is 7.50. The van der Waals surface area contributed by atoms with Gasteiger partial charge in [0, 0.05) is 37.4 Å². The molecule has 0 amide bonds. The summed E-state index contributed by atoms with van der Waals surface area (Å²) >= 11 is 0. The number of rotatable bonds is 7. The van der Waals surface area contributed by atoms with E-state index in [9.17, 15) is 10.1 Å². The Bertz CT molecular complexity index is 1530. The summed E-state index contributed by atoms with van der Waals surface area (Å²) < 4.78 is 2.36. The highest BCUT2D eigenvalue weighted by molar-refractivity contribution is 5.88. The van der Waals surface area contributed by atoms with Crippen LogP contribution in [-0.4, -0.2) is 12.0 Å². The van der Waals surface area contributed by atoms with Crippen LogP contribution in [0.2, 0.25) is 0 Å². The zero-order chi connectivity index (χ0) is 27.4. The Balaban J connectivity index is 1.55. The number of hydrogen-bond acceptors (Lipinski definition) is 3. The Morgan fingerprint density at radius 3 is 2.67 bits per heavy atom. The van der Waals surface area contributed by atoms with Crippen molar-refractivity contribution in [3.8, 4) is 11.3 Å². The summed E-state index contributed by atoms with van der Waals surface area (Å²) in [5.41, 5.74) is 10.8. The molecule has 5 rings (SSSR count). The highest BCUT2D eigenvalue weighted by atomic mass is 16.6. The van der Waals surface area contributed by atoms with Crippen LogP contribution in [0.15, 0.2) is 85.1 Å². The molecule has 0 radical (unpaired) electrons. The predicted molar refractivity (Wildman–Crippen MR) is 161 cm³/mol. The zero-order valence-electron chi connectivity index (χ0n) is 23.0. The number of nitro groups is 1. The van der Waals surface area contributed by atoms with Crippen molar-refractivity contribution >= 4 is 23.0 Å². The number of fused-ring (bicyclic) bond motifs is 5. The van der Waals surface area contributed by atoms with Gasteiger partial charge in [-0.15, -0.1) is 0 Å². The first-order chi connectivity index (χ1) is 19.0. The minimum absolute atomic E-state index is 0.142. The van der Waals surface area contributed by atoms with Crippen molar-refractivity contribution in [2.24, 2.45) is 5.92 Å². The molecule has 3 aromatic rings. The van der Waals surface area contributed by atoms with E-state index in [2.05, 4.69) is 83.7 Å². The lowest BCUT2D eigenvalue weighted by Crippen LogP contribution is -2.40. The standard InChI is InChI=1S/C34H36N3O2/c1-4-5-6-10-28-22-24(2)14-15-26-16-17-27-19-21-36-20-18-25(23-32(36)34(27)33(26)28)9-7-11-29-30(35-3)12-8-13-31(29)37(38)39/h4-10,12-13,16-18,20,22-24,35H,11,14-15,19,21H2,1-3H3/q+1/b5-4-,9-7+,10-6-. The summed E-state index contributed by atoms with van der Waals surface area (Å²) in [7, 11) is 1.80. The van der Waals surface area contributed by atoms with Crippen molar-refractivity contribution in [2.45, 2.75) is 46.1 Å². The van der Waals surface area contributed by atoms with Gasteiger partial charge in [0.05, 0.1) is 16.1 Å². The minimum Gasteiger partial charge on any atom is -0.388 e. The van der Waals surface area contributed by atoms with Crippen molar-refractivity contribution in [1.29, 1.82) is 0 Å². The Kier molecular flexibility index (Phi) is 7.87. The molecule has 0 bridgehead atoms. The van der Waals surface area contributed by atoms with Crippen LogP contribution in [0.25, 0.3) is 22.9 Å². The minimum atomic E-state index is -0.307. The quantitative estimate of drug-likeness (QED) is 0.152. The van der Waals surface area contributed by atoms with Gasteiger partial charge in [0.1, 0.15) is 0 Å². The van der Waals surface area contributed by atoms with Crippen LogP contribution < -0.4 is 9.88 Å². The van der Waals surface area contributed by atoms with Gasteiger partial charge in [-0.1, -0.05) is 67.7 Å². The van der Waals surface area contributed by atoms with Gasteiger partial charge < -0.3 is 5.32 Å². The van der Waals surface area contributed by atoms with Crippen LogP contribution in [0.5, 0.6) is 0 Å². The molecular formula is C34H36N3O2+. The number of pyridine rings is 1. The highest BCUT2D eigenvalue weighted by Gasteiger charge is 2.29. The summed E-state index contributed by atoms with van der Waals surface area (Å²) in [6.07, 6.45) is 21.0. The number of aromatic nitrogens is 1. The lowest BCUT2D eigenvalue weighted by Gasteiger charge is -2.21. The molecule has 0 saturated carbocycles. The Morgan fingerprint density at radius 2 is 1.90 bits per heavy atom. The second-order valence-corrected chi connectivity index (χ2v) is 10.4. The van der Waals surface area contributed by atoms with Gasteiger partial charge in [0.15, 0.2) is 12.7 Å². The van der Waals surface area contributed by atoms with Crippen LogP contribution >= 0.6 is 0 Å². The first-order valence-corrected chi connectivity index (χ1v) is 13.8. The van der Waals surface area contributed by atoms with E-state index in [0.717, 1.165) is 37.1 Å². The average Bonchev–Trinajstić information content (AvgIpc) is 3.11. The number of nitrogens with one attached hydrogen (secondary N) is 1. The van der Waals surface area contributed by atoms with Gasteiger partial charge in [-0.2, -0.15) is 4.57 Å². The molecule has 1 unspecified atom stereocenters. The van der Waals surface area contributed by atoms with Crippen LogP contribution in [0.1, 0.15) is 48.1 Å². The third-order valence-electron chi connectivity index (χ3n) is 7.77. The fourth-order valence-electron chi connectivity index (χ4n) is 5.80. The van der Waals surface area contributed by atoms with Crippen LogP contribution in [0, 0.1) is 16.0 Å². The monoisotopic (exact) mass is 518 g/mol. The van der Waals surface area contributed by atoms with Gasteiger partial charge in [0.2, 0.25) is 5.69 Å². The summed E-state index contributed by atoms with van der Waals surface area (Å²) in [6, 6.07) is 14.2. The maximum absolute atomic E-state index is 11.6. The molecule has 1 N–H and O–H groups in total. The number of benzene rings is 2. The Morgan fingerprint density at radius 1 is 1.08 bits per heavy atom. The van der Waals surface area contributed by atoms with Crippen molar-refractivity contribution in [3.05, 3.63) is 123 Å². The van der Waals surface area contributed by atoms with E-state index in [1.54, 1.807) is 19.2 Å². The van der Waals surface area contributed by atoms with Crippen LogP contribution in [0.4, 0.5) is 11.4 Å². The summed E-state index contributed by atoms with van der Waals surface area (Å²) in [4.78, 5) is 11.3. The molecule has 0 fully saturated rings. The normalized spacial score (nSPS) is 16.6. The second kappa shape index (κ2) is 11.6. The topological polar surface area (TPSA) is 59.1 Å². The summed E-state index contributed by atoms with van der Waals surface area (Å²) in [5, 5.41) is 14.7. The highest BCUT2D eigenvalue weighted by Crippen LogP contribution is 2.40. The van der Waals surface area contributed by atoms with E-state index in [0.29, 0.717) is 17.9 Å². The van der Waals surface area contributed by atoms with Gasteiger partial charge in [-0.25, -0.2) is 0 Å². The van der Waals surface area contributed by atoms with Crippen molar-refractivity contribution in [2.75, 3.05) is 12.4 Å². The number of hydrogen-bond donors (Lipinski definition) is 1. The first-order valence-electron chi connectivity index (χ1n) is 13.8. The largest absolute Gasteiger partial charge is 0.388 e. The molecule has 2 heterocycles. The molecule has 1 aliphatic heterocycles. The van der Waals surface area contributed by atoms with Crippen molar-refractivity contribution < 1.29 is 9.49 Å². The van der Waals surface area contributed by atoms with E-state index < -0.39 is 0 Å². The molecule has 39 heavy (non-hydrogen) atoms.